The molecule has 0 saturated carbocycles. The second-order valence-corrected chi connectivity index (χ2v) is 5.78. The molecule has 2 atom stereocenters. The van der Waals surface area contributed by atoms with Gasteiger partial charge in [-0.05, 0) is 50.8 Å². The van der Waals surface area contributed by atoms with E-state index >= 15 is 0 Å². The highest BCUT2D eigenvalue weighted by Crippen LogP contribution is 2.25. The van der Waals surface area contributed by atoms with E-state index in [-0.39, 0.29) is 5.91 Å². The average Bonchev–Trinajstić information content (AvgIpc) is 2.75. The first-order chi connectivity index (χ1) is 9.51. The molecule has 1 fully saturated rings. The van der Waals surface area contributed by atoms with Crippen LogP contribution in [0, 0.1) is 6.92 Å². The molecule has 20 heavy (non-hydrogen) atoms. The Labute approximate surface area is 121 Å². The van der Waals surface area contributed by atoms with Gasteiger partial charge in [0.2, 0.25) is 5.91 Å². The summed E-state index contributed by atoms with van der Waals surface area (Å²) in [5.41, 5.74) is 8.38. The maximum absolute atomic E-state index is 12.2. The van der Waals surface area contributed by atoms with Crippen molar-refractivity contribution in [3.63, 3.8) is 0 Å². The predicted octanol–water partition coefficient (Wildman–Crippen LogP) is 2.78. The Balaban J connectivity index is 1.96. The predicted molar refractivity (Wildman–Crippen MR) is 83.7 cm³/mol. The Kier molecular flexibility index (Phi) is 4.65. The molecule has 1 aliphatic heterocycles. The summed E-state index contributed by atoms with van der Waals surface area (Å²) in [6.45, 7) is 6.81. The van der Waals surface area contributed by atoms with Gasteiger partial charge >= 0.3 is 0 Å². The number of rotatable bonds is 4. The number of nitrogens with zero attached hydrogens (tertiary/aromatic N) is 1. The minimum Gasteiger partial charge on any atom is -0.398 e. The molecule has 0 aromatic heterocycles. The standard InChI is InChI=1S/C16H25N3O/c1-4-14-8-6-12(3)19(14)10-16(20)18-13-7-5-11(2)15(17)9-13/h5,7,9,12,14H,4,6,8,10,17H2,1-3H3,(H,18,20). The SMILES string of the molecule is CCC1CCC(C)N1CC(=O)Nc1ccc(C)c(N)c1. The van der Waals surface area contributed by atoms with Crippen molar-refractivity contribution in [2.24, 2.45) is 0 Å². The van der Waals surface area contributed by atoms with Crippen molar-refractivity contribution in [1.29, 1.82) is 0 Å². The van der Waals surface area contributed by atoms with Crippen LogP contribution in [0.15, 0.2) is 18.2 Å². The molecular weight excluding hydrogens is 250 g/mol. The lowest BCUT2D eigenvalue weighted by molar-refractivity contribution is -0.118. The number of nitrogens with two attached hydrogens (primary N) is 1. The molecule has 1 aliphatic rings. The second-order valence-electron chi connectivity index (χ2n) is 5.78. The van der Waals surface area contributed by atoms with Crippen LogP contribution in [0.5, 0.6) is 0 Å². The third-order valence-electron chi connectivity index (χ3n) is 4.31. The largest absolute Gasteiger partial charge is 0.398 e. The van der Waals surface area contributed by atoms with Crippen LogP contribution in [0.3, 0.4) is 0 Å². The number of nitrogen functional groups attached to an aromatic ring is 1. The number of benzene rings is 1. The first-order valence-electron chi connectivity index (χ1n) is 7.43. The van der Waals surface area contributed by atoms with Crippen molar-refractivity contribution in [1.82, 2.24) is 4.90 Å². The van der Waals surface area contributed by atoms with Crippen LogP contribution in [0.2, 0.25) is 0 Å². The molecule has 3 N–H and O–H groups in total. The quantitative estimate of drug-likeness (QED) is 0.831. The van der Waals surface area contributed by atoms with Crippen molar-refractivity contribution in [3.8, 4) is 0 Å². The smallest absolute Gasteiger partial charge is 0.238 e. The summed E-state index contributed by atoms with van der Waals surface area (Å²) in [5.74, 6) is 0.0421. The molecule has 110 valence electrons. The van der Waals surface area contributed by atoms with Gasteiger partial charge in [0.1, 0.15) is 0 Å². The fraction of sp³-hybridized carbons (Fsp3) is 0.562. The lowest BCUT2D eigenvalue weighted by Gasteiger charge is -2.26. The number of anilines is 2. The maximum Gasteiger partial charge on any atom is 0.238 e. The topological polar surface area (TPSA) is 58.4 Å². The highest BCUT2D eigenvalue weighted by molar-refractivity contribution is 5.92. The zero-order chi connectivity index (χ0) is 14.7. The molecule has 2 rings (SSSR count). The monoisotopic (exact) mass is 275 g/mol. The van der Waals surface area contributed by atoms with E-state index in [4.69, 9.17) is 5.73 Å². The van der Waals surface area contributed by atoms with E-state index in [0.29, 0.717) is 24.3 Å². The number of hydrogen-bond donors (Lipinski definition) is 2. The first kappa shape index (κ1) is 14.9. The minimum absolute atomic E-state index is 0.0421. The summed E-state index contributed by atoms with van der Waals surface area (Å²) in [6.07, 6.45) is 3.49. The molecule has 0 spiro atoms. The fourth-order valence-electron chi connectivity index (χ4n) is 2.93. The lowest BCUT2D eigenvalue weighted by atomic mass is 10.1. The Bertz CT molecular complexity index is 487. The normalized spacial score (nSPS) is 22.9. The number of carbonyl (C=O) groups excluding carboxylic acids is 1. The van der Waals surface area contributed by atoms with Gasteiger partial charge in [0.15, 0.2) is 0 Å². The molecule has 1 saturated heterocycles. The second kappa shape index (κ2) is 6.27. The van der Waals surface area contributed by atoms with Gasteiger partial charge in [0, 0.05) is 23.5 Å². The van der Waals surface area contributed by atoms with Crippen LogP contribution in [-0.2, 0) is 4.79 Å². The zero-order valence-corrected chi connectivity index (χ0v) is 12.6. The van der Waals surface area contributed by atoms with Gasteiger partial charge < -0.3 is 11.1 Å². The van der Waals surface area contributed by atoms with Crippen LogP contribution in [-0.4, -0.2) is 29.4 Å². The van der Waals surface area contributed by atoms with Gasteiger partial charge in [-0.25, -0.2) is 0 Å². The maximum atomic E-state index is 12.2. The molecule has 1 aromatic carbocycles. The third kappa shape index (κ3) is 3.31. The number of hydrogen-bond acceptors (Lipinski definition) is 3. The Hall–Kier alpha value is -1.55. The summed E-state index contributed by atoms with van der Waals surface area (Å²) >= 11 is 0. The molecule has 4 nitrogen and oxygen atoms in total. The van der Waals surface area contributed by atoms with Crippen molar-refractivity contribution < 1.29 is 4.79 Å². The van der Waals surface area contributed by atoms with E-state index in [1.807, 2.05) is 25.1 Å². The van der Waals surface area contributed by atoms with E-state index in [1.54, 1.807) is 0 Å². The van der Waals surface area contributed by atoms with Gasteiger partial charge in [-0.1, -0.05) is 13.0 Å². The summed E-state index contributed by atoms with van der Waals surface area (Å²) in [4.78, 5) is 14.5. The molecule has 4 heteroatoms. The van der Waals surface area contributed by atoms with Crippen molar-refractivity contribution >= 4 is 17.3 Å². The van der Waals surface area contributed by atoms with E-state index < -0.39 is 0 Å². The molecule has 1 aromatic rings. The van der Waals surface area contributed by atoms with Gasteiger partial charge in [0.25, 0.3) is 0 Å². The van der Waals surface area contributed by atoms with Crippen LogP contribution in [0.1, 0.15) is 38.7 Å². The molecule has 1 heterocycles. The number of aryl methyl sites for hydroxylation is 1. The third-order valence-corrected chi connectivity index (χ3v) is 4.31. The first-order valence-corrected chi connectivity index (χ1v) is 7.43. The number of likely N-dealkylation sites (tertiary alicyclic amines) is 1. The lowest BCUT2D eigenvalue weighted by Crippen LogP contribution is -2.40. The minimum atomic E-state index is 0.0421. The summed E-state index contributed by atoms with van der Waals surface area (Å²) in [7, 11) is 0. The van der Waals surface area contributed by atoms with E-state index in [2.05, 4.69) is 24.1 Å². The highest BCUT2D eigenvalue weighted by atomic mass is 16.2. The highest BCUT2D eigenvalue weighted by Gasteiger charge is 2.30. The molecule has 2 unspecified atom stereocenters. The van der Waals surface area contributed by atoms with Gasteiger partial charge in [-0.3, -0.25) is 9.69 Å². The number of carbonyl (C=O) groups is 1. The Morgan fingerprint density at radius 1 is 1.45 bits per heavy atom. The molecule has 0 bridgehead atoms. The van der Waals surface area contributed by atoms with Crippen LogP contribution >= 0.6 is 0 Å². The van der Waals surface area contributed by atoms with Crippen molar-refractivity contribution in [2.75, 3.05) is 17.6 Å². The van der Waals surface area contributed by atoms with E-state index in [9.17, 15) is 4.79 Å². The Morgan fingerprint density at radius 3 is 2.85 bits per heavy atom. The van der Waals surface area contributed by atoms with Crippen LogP contribution in [0.4, 0.5) is 11.4 Å². The molecule has 0 radical (unpaired) electrons. The average molecular weight is 275 g/mol. The Morgan fingerprint density at radius 2 is 2.20 bits per heavy atom. The molecule has 1 amide bonds. The summed E-state index contributed by atoms with van der Waals surface area (Å²) < 4.78 is 0. The summed E-state index contributed by atoms with van der Waals surface area (Å²) in [5, 5.41) is 2.94. The fourth-order valence-corrected chi connectivity index (χ4v) is 2.93. The molecule has 0 aliphatic carbocycles. The van der Waals surface area contributed by atoms with Gasteiger partial charge in [-0.15, -0.1) is 0 Å². The van der Waals surface area contributed by atoms with Crippen LogP contribution < -0.4 is 11.1 Å². The molecular formula is C16H25N3O. The summed E-state index contributed by atoms with van der Waals surface area (Å²) in [6, 6.07) is 6.68. The van der Waals surface area contributed by atoms with E-state index in [0.717, 1.165) is 17.7 Å². The zero-order valence-electron chi connectivity index (χ0n) is 12.6. The van der Waals surface area contributed by atoms with Gasteiger partial charge in [0.05, 0.1) is 6.54 Å². The van der Waals surface area contributed by atoms with Crippen molar-refractivity contribution in [3.05, 3.63) is 23.8 Å². The van der Waals surface area contributed by atoms with Crippen LogP contribution in [0.25, 0.3) is 0 Å². The van der Waals surface area contributed by atoms with Crippen molar-refractivity contribution in [2.45, 2.75) is 52.1 Å². The number of amides is 1. The number of nitrogens with one attached hydrogen (secondary N) is 1. The van der Waals surface area contributed by atoms with Gasteiger partial charge in [-0.2, -0.15) is 0 Å². The van der Waals surface area contributed by atoms with E-state index in [1.165, 1.54) is 12.8 Å².